The Labute approximate surface area is 151 Å². The fraction of sp³-hybridized carbons (Fsp3) is 0.471. The lowest BCUT2D eigenvalue weighted by Gasteiger charge is -2.08. The molecule has 1 N–H and O–H groups in total. The molecule has 2 aromatic rings. The van der Waals surface area contributed by atoms with Crippen molar-refractivity contribution in [2.24, 2.45) is 5.92 Å². The fourth-order valence-corrected chi connectivity index (χ4v) is 3.04. The van der Waals surface area contributed by atoms with Gasteiger partial charge in [-0.15, -0.1) is 5.10 Å². The highest BCUT2D eigenvalue weighted by Crippen LogP contribution is 2.19. The monoisotopic (exact) mass is 361 g/mol. The van der Waals surface area contributed by atoms with Gasteiger partial charge >= 0.3 is 0 Å². The normalized spacial score (nSPS) is 11.1. The summed E-state index contributed by atoms with van der Waals surface area (Å²) in [6, 6.07) is 7.07. The van der Waals surface area contributed by atoms with Gasteiger partial charge in [0.2, 0.25) is 11.1 Å². The number of hydrogen-bond donors (Lipinski definition) is 1. The number of aromatic nitrogens is 4. The Balaban J connectivity index is 1.92. The van der Waals surface area contributed by atoms with Crippen LogP contribution >= 0.6 is 11.8 Å². The number of thioether (sulfide) groups is 1. The highest BCUT2D eigenvalue weighted by molar-refractivity contribution is 7.99. The van der Waals surface area contributed by atoms with E-state index in [2.05, 4.69) is 20.8 Å². The maximum atomic E-state index is 12.3. The zero-order valence-corrected chi connectivity index (χ0v) is 15.7. The maximum absolute atomic E-state index is 12.3. The molecular formula is C17H23N5O2S. The largest absolute Gasteiger partial charge is 0.326 e. The molecule has 0 radical (unpaired) electrons. The zero-order chi connectivity index (χ0) is 18.4. The number of carbonyl (C=O) groups excluding carboxylic acids is 2. The number of carbonyl (C=O) groups is 2. The van der Waals surface area contributed by atoms with Crippen LogP contribution in [0.4, 0.5) is 5.69 Å². The Morgan fingerprint density at radius 3 is 2.44 bits per heavy atom. The Morgan fingerprint density at radius 2 is 1.84 bits per heavy atom. The first kappa shape index (κ1) is 19.1. The lowest BCUT2D eigenvalue weighted by Crippen LogP contribution is -2.14. The third-order valence-electron chi connectivity index (χ3n) is 3.37. The Hall–Kier alpha value is -2.22. The molecule has 0 saturated heterocycles. The van der Waals surface area contributed by atoms with Crippen LogP contribution in [0.3, 0.4) is 0 Å². The van der Waals surface area contributed by atoms with E-state index < -0.39 is 0 Å². The summed E-state index contributed by atoms with van der Waals surface area (Å²) in [5.74, 6) is 0.528. The molecule has 0 aliphatic rings. The molecule has 0 unspecified atom stereocenters. The molecule has 1 amide bonds. The van der Waals surface area contributed by atoms with E-state index in [9.17, 15) is 9.59 Å². The molecule has 0 aliphatic carbocycles. The number of Topliss-reactive ketones (excluding diaryl/α,β-unsaturated/α-hetero) is 1. The number of anilines is 1. The summed E-state index contributed by atoms with van der Waals surface area (Å²) in [4.78, 5) is 24.1. The van der Waals surface area contributed by atoms with Crippen molar-refractivity contribution in [3.63, 3.8) is 0 Å². The molecule has 2 rings (SSSR count). The van der Waals surface area contributed by atoms with Crippen molar-refractivity contribution in [3.8, 4) is 0 Å². The van der Waals surface area contributed by atoms with E-state index >= 15 is 0 Å². The second kappa shape index (κ2) is 8.75. The first-order valence-corrected chi connectivity index (χ1v) is 9.19. The van der Waals surface area contributed by atoms with Crippen molar-refractivity contribution in [2.45, 2.75) is 45.3 Å². The number of nitrogens with zero attached hydrogens (tertiary/aromatic N) is 4. The van der Waals surface area contributed by atoms with Crippen LogP contribution in [0.15, 0.2) is 29.4 Å². The maximum Gasteiger partial charge on any atom is 0.224 e. The van der Waals surface area contributed by atoms with Gasteiger partial charge in [0.05, 0.1) is 11.8 Å². The van der Waals surface area contributed by atoms with Gasteiger partial charge in [0.25, 0.3) is 0 Å². The molecular weight excluding hydrogens is 338 g/mol. The van der Waals surface area contributed by atoms with Gasteiger partial charge in [0, 0.05) is 17.7 Å². The third-order valence-corrected chi connectivity index (χ3v) is 4.30. The summed E-state index contributed by atoms with van der Waals surface area (Å²) in [5.41, 5.74) is 1.29. The van der Waals surface area contributed by atoms with Gasteiger partial charge in [-0.2, -0.15) is 0 Å². The molecule has 1 aromatic carbocycles. The van der Waals surface area contributed by atoms with E-state index in [0.717, 1.165) is 0 Å². The highest BCUT2D eigenvalue weighted by Gasteiger charge is 2.13. The average Bonchev–Trinajstić information content (AvgIpc) is 3.01. The number of benzene rings is 1. The van der Waals surface area contributed by atoms with Crippen LogP contribution in [0.1, 0.15) is 50.5 Å². The van der Waals surface area contributed by atoms with Crippen LogP contribution in [0.25, 0.3) is 0 Å². The zero-order valence-electron chi connectivity index (χ0n) is 14.9. The molecule has 134 valence electrons. The lowest BCUT2D eigenvalue weighted by atomic mass is 10.1. The number of nitrogens with one attached hydrogen (secondary N) is 1. The van der Waals surface area contributed by atoms with Crippen molar-refractivity contribution in [1.29, 1.82) is 0 Å². The summed E-state index contributed by atoms with van der Waals surface area (Å²) < 4.78 is 1.69. The second-order valence-corrected chi connectivity index (χ2v) is 7.38. The lowest BCUT2D eigenvalue weighted by molar-refractivity contribution is -0.116. The summed E-state index contributed by atoms with van der Waals surface area (Å²) in [7, 11) is 0. The number of ketones is 1. The highest BCUT2D eigenvalue weighted by atomic mass is 32.2. The van der Waals surface area contributed by atoms with Crippen molar-refractivity contribution < 1.29 is 9.59 Å². The van der Waals surface area contributed by atoms with Gasteiger partial charge in [0.15, 0.2) is 5.78 Å². The predicted molar refractivity (Wildman–Crippen MR) is 97.8 cm³/mol. The van der Waals surface area contributed by atoms with Crippen LogP contribution in [-0.4, -0.2) is 37.7 Å². The van der Waals surface area contributed by atoms with Gasteiger partial charge in [0.1, 0.15) is 0 Å². The minimum absolute atomic E-state index is 0.0108. The van der Waals surface area contributed by atoms with Gasteiger partial charge in [-0.25, -0.2) is 4.68 Å². The molecule has 7 nitrogen and oxygen atoms in total. The summed E-state index contributed by atoms with van der Waals surface area (Å²) in [6.45, 7) is 7.95. The van der Waals surface area contributed by atoms with Crippen LogP contribution in [0.5, 0.6) is 0 Å². The van der Waals surface area contributed by atoms with E-state index in [1.54, 1.807) is 28.9 Å². The van der Waals surface area contributed by atoms with Crippen molar-refractivity contribution in [3.05, 3.63) is 29.8 Å². The second-order valence-electron chi connectivity index (χ2n) is 6.44. The third kappa shape index (κ3) is 5.67. The van der Waals surface area contributed by atoms with E-state index in [1.165, 1.54) is 11.8 Å². The van der Waals surface area contributed by atoms with Gasteiger partial charge < -0.3 is 5.32 Å². The van der Waals surface area contributed by atoms with Crippen LogP contribution in [0, 0.1) is 5.92 Å². The SMILES string of the molecule is CC(C)CC(=O)Nc1ccc(C(=O)CSc2nnnn2C(C)C)cc1. The molecule has 8 heteroatoms. The van der Waals surface area contributed by atoms with Gasteiger partial charge in [-0.1, -0.05) is 25.6 Å². The van der Waals surface area contributed by atoms with Crippen LogP contribution in [-0.2, 0) is 4.79 Å². The number of hydrogen-bond acceptors (Lipinski definition) is 6. The van der Waals surface area contributed by atoms with E-state index in [1.807, 2.05) is 27.7 Å². The van der Waals surface area contributed by atoms with E-state index in [4.69, 9.17) is 0 Å². The van der Waals surface area contributed by atoms with Gasteiger partial charge in [-0.05, 0) is 54.5 Å². The van der Waals surface area contributed by atoms with Crippen LogP contribution in [0.2, 0.25) is 0 Å². The fourth-order valence-electron chi connectivity index (χ4n) is 2.14. The molecule has 0 aliphatic heterocycles. The topological polar surface area (TPSA) is 89.8 Å². The Bertz CT molecular complexity index is 725. The van der Waals surface area contributed by atoms with Crippen molar-refractivity contribution >= 4 is 29.1 Å². The molecule has 1 heterocycles. The first-order chi connectivity index (χ1) is 11.9. The average molecular weight is 361 g/mol. The predicted octanol–water partition coefficient (Wildman–Crippen LogP) is 3.21. The summed E-state index contributed by atoms with van der Waals surface area (Å²) >= 11 is 1.31. The quantitative estimate of drug-likeness (QED) is 0.573. The minimum atomic E-state index is -0.0230. The van der Waals surface area contributed by atoms with Gasteiger partial charge in [-0.3, -0.25) is 9.59 Å². The Kier molecular flexibility index (Phi) is 6.69. The number of rotatable bonds is 8. The number of tetrazole rings is 1. The molecule has 1 aromatic heterocycles. The summed E-state index contributed by atoms with van der Waals surface area (Å²) in [6.07, 6.45) is 0.474. The molecule has 0 atom stereocenters. The number of amides is 1. The van der Waals surface area contributed by atoms with Crippen molar-refractivity contribution in [2.75, 3.05) is 11.1 Å². The van der Waals surface area contributed by atoms with Crippen LogP contribution < -0.4 is 5.32 Å². The van der Waals surface area contributed by atoms with Crippen molar-refractivity contribution in [1.82, 2.24) is 20.2 Å². The molecule has 25 heavy (non-hydrogen) atoms. The standard InChI is InChI=1S/C17H23N5O2S/c1-11(2)9-16(24)18-14-7-5-13(6-8-14)15(23)10-25-17-19-20-21-22(17)12(3)4/h5-8,11-12H,9-10H2,1-4H3,(H,18,24). The smallest absolute Gasteiger partial charge is 0.224 e. The molecule has 0 fully saturated rings. The Morgan fingerprint density at radius 1 is 1.16 bits per heavy atom. The van der Waals surface area contributed by atoms with E-state index in [0.29, 0.717) is 28.7 Å². The first-order valence-electron chi connectivity index (χ1n) is 8.20. The molecule has 0 saturated carbocycles. The summed E-state index contributed by atoms with van der Waals surface area (Å²) in [5, 5.41) is 14.9. The minimum Gasteiger partial charge on any atom is -0.326 e. The van der Waals surface area contributed by atoms with E-state index in [-0.39, 0.29) is 23.5 Å². The molecule has 0 spiro atoms. The molecule has 0 bridgehead atoms.